The quantitative estimate of drug-likeness (QED) is 0.356. The fourth-order valence-corrected chi connectivity index (χ4v) is 4.50. The third-order valence-electron chi connectivity index (χ3n) is 6.33. The molecule has 0 spiro atoms. The summed E-state index contributed by atoms with van der Waals surface area (Å²) < 4.78 is 11.2. The van der Waals surface area contributed by atoms with Crippen molar-refractivity contribution in [1.82, 2.24) is 30.5 Å². The van der Waals surface area contributed by atoms with E-state index in [2.05, 4.69) is 25.6 Å². The molecule has 1 atom stereocenters. The van der Waals surface area contributed by atoms with E-state index in [1.165, 1.54) is 12.0 Å². The monoisotopic (exact) mass is 485 g/mol. The van der Waals surface area contributed by atoms with Gasteiger partial charge >= 0.3 is 6.03 Å². The van der Waals surface area contributed by atoms with Crippen molar-refractivity contribution in [3.63, 3.8) is 0 Å². The van der Waals surface area contributed by atoms with Crippen LogP contribution in [0.4, 0.5) is 10.7 Å². The standard InChI is InChI=1S/C24H19N7O5/c1-35-14-3-2-12-10-31(20(32)15(12)6-14)11-24(21(33)29-23(34)30-24)19-7-17-18(36-19)5-4-16(28-17)13-8-26-22(25)27-9-13/h2-9H,10-11H2,1H3,(H2,25,26,27)(H2,29,30,33,34). The minimum atomic E-state index is -1.63. The maximum absolute atomic E-state index is 13.2. The molecular formula is C24H19N7O5. The van der Waals surface area contributed by atoms with E-state index in [-0.39, 0.29) is 30.7 Å². The van der Waals surface area contributed by atoms with Gasteiger partial charge in [0, 0.05) is 36.1 Å². The molecule has 12 heteroatoms. The summed E-state index contributed by atoms with van der Waals surface area (Å²) in [5, 5.41) is 4.94. The van der Waals surface area contributed by atoms with Crippen LogP contribution in [0.5, 0.6) is 5.75 Å². The second kappa shape index (κ2) is 7.77. The van der Waals surface area contributed by atoms with Gasteiger partial charge in [-0.25, -0.2) is 19.7 Å². The third kappa shape index (κ3) is 3.30. The van der Waals surface area contributed by atoms with E-state index in [0.29, 0.717) is 33.7 Å². The van der Waals surface area contributed by atoms with Crippen LogP contribution < -0.4 is 21.1 Å². The van der Waals surface area contributed by atoms with E-state index in [4.69, 9.17) is 14.9 Å². The number of carbonyl (C=O) groups is 3. The number of aromatic nitrogens is 3. The molecule has 1 saturated heterocycles. The summed E-state index contributed by atoms with van der Waals surface area (Å²) in [5.74, 6) is -0.0545. The second-order valence-corrected chi connectivity index (χ2v) is 8.52. The largest absolute Gasteiger partial charge is 0.497 e. The molecule has 36 heavy (non-hydrogen) atoms. The van der Waals surface area contributed by atoms with Crippen LogP contribution in [0, 0.1) is 0 Å². The normalized spacial score (nSPS) is 18.9. The van der Waals surface area contributed by atoms with E-state index in [9.17, 15) is 14.4 Å². The van der Waals surface area contributed by atoms with E-state index in [1.54, 1.807) is 48.8 Å². The lowest BCUT2D eigenvalue weighted by molar-refractivity contribution is -0.125. The van der Waals surface area contributed by atoms with Crippen molar-refractivity contribution in [3.8, 4) is 17.0 Å². The first kappa shape index (κ1) is 21.5. The number of pyridine rings is 1. The van der Waals surface area contributed by atoms with E-state index in [0.717, 1.165) is 5.56 Å². The van der Waals surface area contributed by atoms with Crippen LogP contribution in [0.15, 0.2) is 53.2 Å². The molecule has 12 nitrogen and oxygen atoms in total. The van der Waals surface area contributed by atoms with Gasteiger partial charge < -0.3 is 25.1 Å². The molecule has 2 aliphatic rings. The number of carbonyl (C=O) groups excluding carboxylic acids is 3. The Kier molecular flexibility index (Phi) is 4.64. The predicted molar refractivity (Wildman–Crippen MR) is 126 cm³/mol. The number of benzene rings is 1. The zero-order valence-electron chi connectivity index (χ0n) is 18.9. The first-order valence-electron chi connectivity index (χ1n) is 10.9. The van der Waals surface area contributed by atoms with Crippen LogP contribution in [0.2, 0.25) is 0 Å². The number of nitrogens with two attached hydrogens (primary N) is 1. The molecule has 4 amide bonds. The number of hydrogen-bond acceptors (Lipinski definition) is 9. The Morgan fingerprint density at radius 2 is 1.94 bits per heavy atom. The average Bonchev–Trinajstić information content (AvgIpc) is 3.53. The molecule has 4 aromatic rings. The molecule has 5 heterocycles. The molecule has 0 aliphatic carbocycles. The zero-order chi connectivity index (χ0) is 25.0. The van der Waals surface area contributed by atoms with Gasteiger partial charge in [0.15, 0.2) is 11.1 Å². The summed E-state index contributed by atoms with van der Waals surface area (Å²) in [5.41, 5.74) is 7.27. The van der Waals surface area contributed by atoms with Gasteiger partial charge in [-0.05, 0) is 29.8 Å². The Labute approximate surface area is 203 Å². The molecule has 1 fully saturated rings. The fraction of sp³-hybridized carbons (Fsp3) is 0.167. The van der Waals surface area contributed by atoms with Crippen molar-refractivity contribution in [2.24, 2.45) is 0 Å². The van der Waals surface area contributed by atoms with Gasteiger partial charge in [-0.2, -0.15) is 0 Å². The molecule has 0 bridgehead atoms. The third-order valence-corrected chi connectivity index (χ3v) is 6.33. The number of methoxy groups -OCH3 is 1. The Morgan fingerprint density at radius 3 is 2.67 bits per heavy atom. The second-order valence-electron chi connectivity index (χ2n) is 8.52. The number of ether oxygens (including phenoxy) is 1. The maximum atomic E-state index is 13.2. The molecule has 2 aliphatic heterocycles. The lowest BCUT2D eigenvalue weighted by atomic mass is 9.95. The lowest BCUT2D eigenvalue weighted by Gasteiger charge is -2.28. The number of nitrogen functional groups attached to an aromatic ring is 1. The zero-order valence-corrected chi connectivity index (χ0v) is 18.9. The smallest absolute Gasteiger partial charge is 0.322 e. The number of rotatable bonds is 5. The predicted octanol–water partition coefficient (Wildman–Crippen LogP) is 1.57. The first-order valence-corrected chi connectivity index (χ1v) is 10.9. The summed E-state index contributed by atoms with van der Waals surface area (Å²) in [6, 6.07) is 9.55. The number of anilines is 1. The Morgan fingerprint density at radius 1 is 1.14 bits per heavy atom. The number of hydrogen-bond donors (Lipinski definition) is 3. The lowest BCUT2D eigenvalue weighted by Crippen LogP contribution is -2.52. The fourth-order valence-electron chi connectivity index (χ4n) is 4.50. The number of fused-ring (bicyclic) bond motifs is 2. The summed E-state index contributed by atoms with van der Waals surface area (Å²) in [7, 11) is 1.52. The van der Waals surface area contributed by atoms with E-state index in [1.807, 2.05) is 0 Å². The average molecular weight is 485 g/mol. The highest BCUT2D eigenvalue weighted by Gasteiger charge is 2.53. The highest BCUT2D eigenvalue weighted by atomic mass is 16.5. The molecule has 1 unspecified atom stereocenters. The molecular weight excluding hydrogens is 466 g/mol. The summed E-state index contributed by atoms with van der Waals surface area (Å²) in [4.78, 5) is 52.6. The number of imide groups is 1. The SMILES string of the molecule is COc1ccc2c(c1)C(=O)N(CC1(c3cc4nc(-c5cnc(N)nc5)ccc4o3)NC(=O)NC1=O)C2. The minimum absolute atomic E-state index is 0.140. The minimum Gasteiger partial charge on any atom is -0.497 e. The summed E-state index contributed by atoms with van der Waals surface area (Å²) >= 11 is 0. The number of amides is 4. The van der Waals surface area contributed by atoms with Gasteiger partial charge in [0.05, 0.1) is 19.3 Å². The number of nitrogens with one attached hydrogen (secondary N) is 2. The molecule has 6 rings (SSSR count). The van der Waals surface area contributed by atoms with Crippen molar-refractivity contribution in [2.45, 2.75) is 12.1 Å². The first-order chi connectivity index (χ1) is 17.4. The highest BCUT2D eigenvalue weighted by molar-refractivity contribution is 6.08. The van der Waals surface area contributed by atoms with Crippen molar-refractivity contribution >= 4 is 34.9 Å². The van der Waals surface area contributed by atoms with Crippen molar-refractivity contribution in [2.75, 3.05) is 19.4 Å². The number of nitrogens with zero attached hydrogens (tertiary/aromatic N) is 4. The van der Waals surface area contributed by atoms with Crippen molar-refractivity contribution in [1.29, 1.82) is 0 Å². The van der Waals surface area contributed by atoms with Crippen LogP contribution in [0.1, 0.15) is 21.7 Å². The summed E-state index contributed by atoms with van der Waals surface area (Å²) in [6.45, 7) is 0.127. The van der Waals surface area contributed by atoms with Crippen LogP contribution in [-0.4, -0.2) is 51.4 Å². The molecule has 4 N–H and O–H groups in total. The van der Waals surface area contributed by atoms with E-state index < -0.39 is 17.5 Å². The molecule has 180 valence electrons. The number of urea groups is 1. The molecule has 1 aromatic carbocycles. The molecule has 3 aromatic heterocycles. The van der Waals surface area contributed by atoms with Gasteiger partial charge in [0.2, 0.25) is 5.95 Å². The Hall–Kier alpha value is -5.00. The highest BCUT2D eigenvalue weighted by Crippen LogP contribution is 2.35. The maximum Gasteiger partial charge on any atom is 0.322 e. The van der Waals surface area contributed by atoms with Crippen molar-refractivity contribution in [3.05, 3.63) is 65.7 Å². The van der Waals surface area contributed by atoms with Crippen LogP contribution >= 0.6 is 0 Å². The Bertz CT molecular complexity index is 1570. The molecule has 0 radical (unpaired) electrons. The van der Waals surface area contributed by atoms with Crippen molar-refractivity contribution < 1.29 is 23.5 Å². The van der Waals surface area contributed by atoms with Gasteiger partial charge in [-0.1, -0.05) is 6.07 Å². The van der Waals surface area contributed by atoms with Gasteiger partial charge in [0.1, 0.15) is 17.0 Å². The van der Waals surface area contributed by atoms with Gasteiger partial charge in [-0.15, -0.1) is 0 Å². The van der Waals surface area contributed by atoms with Crippen LogP contribution in [0.3, 0.4) is 0 Å². The Balaban J connectivity index is 1.38. The molecule has 0 saturated carbocycles. The van der Waals surface area contributed by atoms with E-state index >= 15 is 0 Å². The summed E-state index contributed by atoms with van der Waals surface area (Å²) in [6.07, 6.45) is 3.10. The van der Waals surface area contributed by atoms with Crippen LogP contribution in [-0.2, 0) is 16.9 Å². The van der Waals surface area contributed by atoms with Gasteiger partial charge in [-0.3, -0.25) is 14.9 Å². The van der Waals surface area contributed by atoms with Crippen LogP contribution in [0.25, 0.3) is 22.4 Å². The van der Waals surface area contributed by atoms with Gasteiger partial charge in [0.25, 0.3) is 11.8 Å². The number of furan rings is 1. The topological polar surface area (TPSA) is 166 Å².